The van der Waals surface area contributed by atoms with Gasteiger partial charge in [0.1, 0.15) is 19.3 Å². The number of ether oxygens (including phenoxy) is 1. The minimum atomic E-state index is -4.48. The molecule has 1 fully saturated rings. The maximum absolute atomic E-state index is 13.1. The number of aryl methyl sites for hydroxylation is 1. The van der Waals surface area contributed by atoms with Crippen LogP contribution in [0.4, 0.5) is 19.0 Å². The highest BCUT2D eigenvalue weighted by molar-refractivity contribution is 5.77. The smallest absolute Gasteiger partial charge is 0.416 e. The van der Waals surface area contributed by atoms with Crippen LogP contribution in [0.15, 0.2) is 30.5 Å². The zero-order valence-electron chi connectivity index (χ0n) is 14.3. The number of nitrogens with zero attached hydrogens (tertiary/aromatic N) is 3. The summed E-state index contributed by atoms with van der Waals surface area (Å²) in [6, 6.07) is 5.19. The highest BCUT2D eigenvalue weighted by Crippen LogP contribution is 2.51. The lowest BCUT2D eigenvalue weighted by Crippen LogP contribution is -2.15. The predicted octanol–water partition coefficient (Wildman–Crippen LogP) is 3.47. The highest BCUT2D eigenvalue weighted by atomic mass is 19.4. The van der Waals surface area contributed by atoms with Gasteiger partial charge in [-0.15, -0.1) is 0 Å². The zero-order chi connectivity index (χ0) is 19.8. The number of imidazole rings is 1. The van der Waals surface area contributed by atoms with Crippen LogP contribution in [-0.4, -0.2) is 27.1 Å². The van der Waals surface area contributed by atoms with Crippen LogP contribution in [0, 0.1) is 23.0 Å². The third kappa shape index (κ3) is 3.93. The summed E-state index contributed by atoms with van der Waals surface area (Å²) in [7, 11) is 0. The molecule has 27 heavy (non-hydrogen) atoms. The fraction of sp³-hybridized carbons (Fsp3) is 0.412. The van der Waals surface area contributed by atoms with Gasteiger partial charge in [0.25, 0.3) is 0 Å². The van der Waals surface area contributed by atoms with Crippen LogP contribution in [0.2, 0.25) is 0 Å². The van der Waals surface area contributed by atoms with Gasteiger partial charge in [-0.1, -0.05) is 18.2 Å². The second-order valence-electron chi connectivity index (χ2n) is 6.27. The molecule has 0 aliphatic heterocycles. The quantitative estimate of drug-likeness (QED) is 0.433. The molecule has 0 amide bonds. The molecular weight excluding hydrogens is 367 g/mol. The Morgan fingerprint density at radius 3 is 2.78 bits per heavy atom. The van der Waals surface area contributed by atoms with Crippen LogP contribution in [0.3, 0.4) is 0 Å². The predicted molar refractivity (Wildman–Crippen MR) is 86.9 cm³/mol. The van der Waals surface area contributed by atoms with Crippen LogP contribution < -0.4 is 0 Å². The number of carbonyl (C=O) groups is 1. The molecule has 0 spiro atoms. The molecule has 144 valence electrons. The fourth-order valence-electron chi connectivity index (χ4n) is 3.10. The van der Waals surface area contributed by atoms with Gasteiger partial charge in [-0.25, -0.2) is 9.55 Å². The van der Waals surface area contributed by atoms with Gasteiger partial charge in [-0.05, 0) is 28.9 Å². The molecule has 1 aromatic carbocycles. The van der Waals surface area contributed by atoms with Gasteiger partial charge >= 0.3 is 18.0 Å². The first-order chi connectivity index (χ1) is 12.7. The molecule has 1 aliphatic rings. The van der Waals surface area contributed by atoms with Gasteiger partial charge in [-0.2, -0.15) is 13.2 Å². The zero-order valence-corrected chi connectivity index (χ0v) is 14.3. The molecule has 0 radical (unpaired) electrons. The summed E-state index contributed by atoms with van der Waals surface area (Å²) < 4.78 is 45.7. The molecule has 1 aromatic heterocycles. The number of hydrogen-bond acceptors (Lipinski definition) is 5. The van der Waals surface area contributed by atoms with E-state index in [0.717, 1.165) is 12.3 Å². The van der Waals surface area contributed by atoms with E-state index in [4.69, 9.17) is 4.74 Å². The molecule has 0 bridgehead atoms. The first kappa shape index (κ1) is 18.9. The minimum absolute atomic E-state index is 0.0460. The fourth-order valence-corrected chi connectivity index (χ4v) is 3.10. The normalized spacial score (nSPS) is 19.0. The Morgan fingerprint density at radius 1 is 1.41 bits per heavy atom. The van der Waals surface area contributed by atoms with Gasteiger partial charge in [0.05, 0.1) is 11.5 Å². The van der Waals surface area contributed by atoms with E-state index in [9.17, 15) is 28.1 Å². The van der Waals surface area contributed by atoms with Crippen molar-refractivity contribution in [2.24, 2.45) is 5.92 Å². The standard InChI is InChI=1S/C17H16F3N3O4/c1-10-21-9-15(23(25)26)22(10)6-7-27-16(24)13-8-12(13)11-4-2-3-5-14(11)17(18,19)20/h2-5,9,12-13H,6-8H2,1H3. The van der Waals surface area contributed by atoms with Gasteiger partial charge in [-0.3, -0.25) is 4.79 Å². The molecule has 7 nitrogen and oxygen atoms in total. The van der Waals surface area contributed by atoms with E-state index < -0.39 is 34.5 Å². The Labute approximate surface area is 151 Å². The largest absolute Gasteiger partial charge is 0.461 e. The van der Waals surface area contributed by atoms with Crippen molar-refractivity contribution < 1.29 is 27.6 Å². The lowest BCUT2D eigenvalue weighted by Gasteiger charge is -2.12. The maximum atomic E-state index is 13.1. The maximum Gasteiger partial charge on any atom is 0.416 e. The van der Waals surface area contributed by atoms with Crippen molar-refractivity contribution in [3.8, 4) is 0 Å². The summed E-state index contributed by atoms with van der Waals surface area (Å²) in [4.78, 5) is 26.3. The minimum Gasteiger partial charge on any atom is -0.461 e. The molecule has 1 heterocycles. The number of alkyl halides is 3. The number of halogens is 3. The van der Waals surface area contributed by atoms with Gasteiger partial charge < -0.3 is 14.9 Å². The number of rotatable bonds is 6. The number of benzene rings is 1. The van der Waals surface area contributed by atoms with E-state index >= 15 is 0 Å². The van der Waals surface area contributed by atoms with E-state index in [-0.39, 0.29) is 31.0 Å². The van der Waals surface area contributed by atoms with Crippen LogP contribution in [0.5, 0.6) is 0 Å². The number of hydrogen-bond donors (Lipinski definition) is 0. The van der Waals surface area contributed by atoms with Crippen molar-refractivity contribution in [1.29, 1.82) is 0 Å². The van der Waals surface area contributed by atoms with E-state index in [0.29, 0.717) is 5.82 Å². The third-order valence-electron chi connectivity index (χ3n) is 4.54. The topological polar surface area (TPSA) is 87.3 Å². The molecule has 3 rings (SSSR count). The summed E-state index contributed by atoms with van der Waals surface area (Å²) in [6.45, 7) is 1.51. The van der Waals surface area contributed by atoms with Crippen LogP contribution in [0.1, 0.15) is 29.3 Å². The van der Waals surface area contributed by atoms with Crippen molar-refractivity contribution in [3.05, 3.63) is 57.5 Å². The van der Waals surface area contributed by atoms with Crippen LogP contribution in [-0.2, 0) is 22.3 Å². The molecule has 10 heteroatoms. The third-order valence-corrected chi connectivity index (χ3v) is 4.54. The first-order valence-electron chi connectivity index (χ1n) is 8.19. The Kier molecular flexibility index (Phi) is 4.90. The highest BCUT2D eigenvalue weighted by Gasteiger charge is 2.48. The van der Waals surface area contributed by atoms with E-state index in [1.165, 1.54) is 22.8 Å². The number of nitro groups is 1. The number of aromatic nitrogens is 2. The Bertz CT molecular complexity index is 879. The molecule has 0 N–H and O–H groups in total. The number of esters is 1. The van der Waals surface area contributed by atoms with Crippen molar-refractivity contribution in [2.75, 3.05) is 6.61 Å². The summed E-state index contributed by atoms with van der Waals surface area (Å²) in [5, 5.41) is 10.9. The summed E-state index contributed by atoms with van der Waals surface area (Å²) in [5.74, 6) is -1.57. The number of carbonyl (C=O) groups excluding carboxylic acids is 1. The molecule has 1 aliphatic carbocycles. The summed E-state index contributed by atoms with van der Waals surface area (Å²) in [6.07, 6.45) is -3.08. The Morgan fingerprint density at radius 2 is 2.11 bits per heavy atom. The monoisotopic (exact) mass is 383 g/mol. The van der Waals surface area contributed by atoms with E-state index in [2.05, 4.69) is 4.98 Å². The van der Waals surface area contributed by atoms with Crippen molar-refractivity contribution in [3.63, 3.8) is 0 Å². The SMILES string of the molecule is Cc1ncc([N+](=O)[O-])n1CCOC(=O)C1CC1c1ccccc1C(F)(F)F. The van der Waals surface area contributed by atoms with Crippen LogP contribution >= 0.6 is 0 Å². The second-order valence-corrected chi connectivity index (χ2v) is 6.27. The molecule has 2 aromatic rings. The van der Waals surface area contributed by atoms with Gasteiger partial charge in [0, 0.05) is 6.92 Å². The van der Waals surface area contributed by atoms with Crippen molar-refractivity contribution >= 4 is 11.8 Å². The summed E-state index contributed by atoms with van der Waals surface area (Å²) in [5.41, 5.74) is -0.650. The molecule has 0 saturated heterocycles. The molecule has 1 saturated carbocycles. The second kappa shape index (κ2) is 7.01. The molecule has 2 unspecified atom stereocenters. The van der Waals surface area contributed by atoms with E-state index in [1.54, 1.807) is 6.92 Å². The van der Waals surface area contributed by atoms with E-state index in [1.807, 2.05) is 0 Å². The average molecular weight is 383 g/mol. The lowest BCUT2D eigenvalue weighted by atomic mass is 10.0. The van der Waals surface area contributed by atoms with Crippen molar-refractivity contribution in [2.45, 2.75) is 32.0 Å². The lowest BCUT2D eigenvalue weighted by molar-refractivity contribution is -0.392. The van der Waals surface area contributed by atoms with Gasteiger partial charge in [0.2, 0.25) is 0 Å². The Hall–Kier alpha value is -2.91. The van der Waals surface area contributed by atoms with Gasteiger partial charge in [0.15, 0.2) is 5.82 Å². The van der Waals surface area contributed by atoms with Crippen molar-refractivity contribution in [1.82, 2.24) is 9.55 Å². The Balaban J connectivity index is 1.59. The first-order valence-corrected chi connectivity index (χ1v) is 8.19. The molecular formula is C17H16F3N3O4. The average Bonchev–Trinajstić information content (AvgIpc) is 3.32. The molecule has 2 atom stereocenters. The summed E-state index contributed by atoms with van der Waals surface area (Å²) >= 11 is 0. The van der Waals surface area contributed by atoms with Crippen LogP contribution in [0.25, 0.3) is 0 Å².